The van der Waals surface area contributed by atoms with Crippen LogP contribution in [0.4, 0.5) is 0 Å². The third-order valence-electron chi connectivity index (χ3n) is 6.46. The van der Waals surface area contributed by atoms with Crippen LogP contribution in [0.5, 0.6) is 0 Å². The quantitative estimate of drug-likeness (QED) is 0.304. The number of nitrogens with zero attached hydrogens (tertiary/aromatic N) is 1. The molecule has 1 aromatic rings. The van der Waals surface area contributed by atoms with Crippen LogP contribution in [-0.4, -0.2) is 46.4 Å². The van der Waals surface area contributed by atoms with E-state index in [1.165, 1.54) is 37.7 Å². The maximum Gasteiger partial charge on any atom is 0.191 e. The van der Waals surface area contributed by atoms with Crippen LogP contribution in [0.3, 0.4) is 0 Å². The molecule has 1 aromatic carbocycles. The van der Waals surface area contributed by atoms with E-state index >= 15 is 0 Å². The summed E-state index contributed by atoms with van der Waals surface area (Å²) in [5, 5.41) is 7.16. The Morgan fingerprint density at radius 2 is 1.93 bits per heavy atom. The molecule has 0 aromatic heterocycles. The molecular weight excluding hydrogens is 477 g/mol. The van der Waals surface area contributed by atoms with Gasteiger partial charge in [-0.15, -0.1) is 24.0 Å². The van der Waals surface area contributed by atoms with Crippen molar-refractivity contribution in [1.29, 1.82) is 0 Å². The Hall–Kier alpha value is -0.860. The average Bonchev–Trinajstić information content (AvgIpc) is 3.22. The number of hydrogen-bond acceptors (Lipinski definition) is 3. The smallest absolute Gasteiger partial charge is 0.191 e. The molecule has 1 heterocycles. The standard InChI is InChI=1S/C23H37N3O2.HI/c1-24-22(26-18-23(14-16-27-2)12-6-7-13-23)25-17-20-11-8-15-28-21(20)19-9-4-3-5-10-19;/h3-5,9-10,20-21H,6-8,11-18H2,1-2H3,(H2,24,25,26);1H. The van der Waals surface area contributed by atoms with E-state index in [0.717, 1.165) is 45.1 Å². The van der Waals surface area contributed by atoms with Crippen molar-refractivity contribution in [2.45, 2.75) is 51.0 Å². The molecule has 2 fully saturated rings. The van der Waals surface area contributed by atoms with Gasteiger partial charge in [0.15, 0.2) is 5.96 Å². The van der Waals surface area contributed by atoms with Crippen molar-refractivity contribution in [1.82, 2.24) is 10.6 Å². The lowest BCUT2D eigenvalue weighted by Crippen LogP contribution is -2.45. The number of hydrogen-bond donors (Lipinski definition) is 2. The minimum atomic E-state index is 0. The number of rotatable bonds is 8. The third kappa shape index (κ3) is 7.10. The first-order valence-corrected chi connectivity index (χ1v) is 10.9. The van der Waals surface area contributed by atoms with Gasteiger partial charge in [-0.3, -0.25) is 4.99 Å². The molecule has 1 saturated carbocycles. The highest BCUT2D eigenvalue weighted by Crippen LogP contribution is 2.40. The minimum Gasteiger partial charge on any atom is -0.385 e. The highest BCUT2D eigenvalue weighted by molar-refractivity contribution is 14.0. The Balaban J connectivity index is 0.00000300. The third-order valence-corrected chi connectivity index (χ3v) is 6.46. The lowest BCUT2D eigenvalue weighted by atomic mass is 9.83. The second-order valence-corrected chi connectivity index (χ2v) is 8.36. The van der Waals surface area contributed by atoms with Crippen molar-refractivity contribution in [3.05, 3.63) is 35.9 Å². The lowest BCUT2D eigenvalue weighted by Gasteiger charge is -2.33. The molecule has 0 amide bonds. The zero-order valence-corrected chi connectivity index (χ0v) is 20.3. The Bertz CT molecular complexity index is 605. The van der Waals surface area contributed by atoms with E-state index in [2.05, 4.69) is 46.0 Å². The predicted octanol–water partition coefficient (Wildman–Crippen LogP) is 4.53. The van der Waals surface area contributed by atoms with Gasteiger partial charge in [-0.1, -0.05) is 43.2 Å². The first-order chi connectivity index (χ1) is 13.8. The van der Waals surface area contributed by atoms with Gasteiger partial charge in [-0.25, -0.2) is 0 Å². The van der Waals surface area contributed by atoms with Crippen LogP contribution in [0.1, 0.15) is 56.6 Å². The van der Waals surface area contributed by atoms with Gasteiger partial charge in [0, 0.05) is 46.4 Å². The molecule has 164 valence electrons. The van der Waals surface area contributed by atoms with Crippen LogP contribution >= 0.6 is 24.0 Å². The molecule has 1 aliphatic carbocycles. The van der Waals surface area contributed by atoms with Crippen molar-refractivity contribution in [3.8, 4) is 0 Å². The molecule has 2 atom stereocenters. The fourth-order valence-electron chi connectivity index (χ4n) is 4.74. The number of methoxy groups -OCH3 is 1. The lowest BCUT2D eigenvalue weighted by molar-refractivity contribution is -0.0265. The summed E-state index contributed by atoms with van der Waals surface area (Å²) in [6.07, 6.45) is 8.83. The van der Waals surface area contributed by atoms with Crippen molar-refractivity contribution < 1.29 is 9.47 Å². The van der Waals surface area contributed by atoms with Crippen molar-refractivity contribution in [2.75, 3.05) is 40.5 Å². The zero-order chi connectivity index (χ0) is 19.7. The molecule has 2 N–H and O–H groups in total. The normalized spacial score (nSPS) is 24.0. The Kier molecular flexibility index (Phi) is 10.7. The fraction of sp³-hybridized carbons (Fsp3) is 0.696. The second-order valence-electron chi connectivity index (χ2n) is 8.36. The summed E-state index contributed by atoms with van der Waals surface area (Å²) in [6, 6.07) is 10.6. The summed E-state index contributed by atoms with van der Waals surface area (Å²) in [4.78, 5) is 4.46. The molecule has 0 radical (unpaired) electrons. The summed E-state index contributed by atoms with van der Waals surface area (Å²) in [5.74, 6) is 1.37. The van der Waals surface area contributed by atoms with Crippen molar-refractivity contribution in [2.24, 2.45) is 16.3 Å². The van der Waals surface area contributed by atoms with Crippen molar-refractivity contribution >= 4 is 29.9 Å². The van der Waals surface area contributed by atoms with E-state index < -0.39 is 0 Å². The highest BCUT2D eigenvalue weighted by Gasteiger charge is 2.33. The fourth-order valence-corrected chi connectivity index (χ4v) is 4.74. The molecule has 5 nitrogen and oxygen atoms in total. The summed E-state index contributed by atoms with van der Waals surface area (Å²) in [6.45, 7) is 3.54. The monoisotopic (exact) mass is 515 g/mol. The van der Waals surface area contributed by atoms with Crippen LogP contribution in [0.15, 0.2) is 35.3 Å². The first kappa shape index (κ1) is 24.4. The van der Waals surface area contributed by atoms with Gasteiger partial charge in [-0.05, 0) is 43.1 Å². The molecule has 1 saturated heterocycles. The summed E-state index contributed by atoms with van der Waals surface area (Å²) < 4.78 is 11.5. The van der Waals surface area contributed by atoms with Crippen molar-refractivity contribution in [3.63, 3.8) is 0 Å². The largest absolute Gasteiger partial charge is 0.385 e. The number of aliphatic imine (C=N–C) groups is 1. The number of halogens is 1. The van der Waals surface area contributed by atoms with E-state index in [4.69, 9.17) is 9.47 Å². The van der Waals surface area contributed by atoms with E-state index in [1.54, 1.807) is 7.11 Å². The van der Waals surface area contributed by atoms with Gasteiger partial charge in [0.25, 0.3) is 0 Å². The second kappa shape index (κ2) is 12.7. The highest BCUT2D eigenvalue weighted by atomic mass is 127. The molecule has 2 unspecified atom stereocenters. The minimum absolute atomic E-state index is 0. The molecule has 1 aliphatic heterocycles. The van der Waals surface area contributed by atoms with Crippen LogP contribution in [0, 0.1) is 11.3 Å². The molecule has 0 spiro atoms. The van der Waals surface area contributed by atoms with Gasteiger partial charge >= 0.3 is 0 Å². The number of ether oxygens (including phenoxy) is 2. The SMILES string of the molecule is CN=C(NCC1CCCOC1c1ccccc1)NCC1(CCOC)CCCC1.I. The van der Waals surface area contributed by atoms with E-state index in [9.17, 15) is 0 Å². The van der Waals surface area contributed by atoms with Gasteiger partial charge < -0.3 is 20.1 Å². The molecule has 3 rings (SSSR count). The summed E-state index contributed by atoms with van der Waals surface area (Å²) >= 11 is 0. The van der Waals surface area contributed by atoms with E-state index in [-0.39, 0.29) is 30.1 Å². The van der Waals surface area contributed by atoms with Gasteiger partial charge in [0.2, 0.25) is 0 Å². The number of benzene rings is 1. The van der Waals surface area contributed by atoms with Crippen LogP contribution in [0.2, 0.25) is 0 Å². The molecule has 29 heavy (non-hydrogen) atoms. The zero-order valence-electron chi connectivity index (χ0n) is 18.0. The van der Waals surface area contributed by atoms with Gasteiger partial charge in [-0.2, -0.15) is 0 Å². The number of guanidine groups is 1. The topological polar surface area (TPSA) is 54.9 Å². The van der Waals surface area contributed by atoms with Crippen LogP contribution in [0.25, 0.3) is 0 Å². The van der Waals surface area contributed by atoms with E-state index in [1.807, 2.05) is 7.05 Å². The Morgan fingerprint density at radius 3 is 2.62 bits per heavy atom. The maximum atomic E-state index is 6.13. The Morgan fingerprint density at radius 1 is 1.17 bits per heavy atom. The van der Waals surface area contributed by atoms with Gasteiger partial charge in [0.1, 0.15) is 0 Å². The average molecular weight is 515 g/mol. The molecular formula is C23H38IN3O2. The van der Waals surface area contributed by atoms with E-state index in [0.29, 0.717) is 11.3 Å². The summed E-state index contributed by atoms with van der Waals surface area (Å²) in [5.41, 5.74) is 1.63. The predicted molar refractivity (Wildman–Crippen MR) is 130 cm³/mol. The molecule has 6 heteroatoms. The molecule has 2 aliphatic rings. The summed E-state index contributed by atoms with van der Waals surface area (Å²) in [7, 11) is 3.66. The maximum absolute atomic E-state index is 6.13. The number of nitrogens with one attached hydrogen (secondary N) is 2. The van der Waals surface area contributed by atoms with Crippen LogP contribution < -0.4 is 10.6 Å². The van der Waals surface area contributed by atoms with Gasteiger partial charge in [0.05, 0.1) is 6.10 Å². The molecule has 0 bridgehead atoms. The van der Waals surface area contributed by atoms with Crippen LogP contribution in [-0.2, 0) is 9.47 Å². The Labute approximate surface area is 193 Å². The first-order valence-electron chi connectivity index (χ1n) is 10.9.